The number of nitrogens with two attached hydrogens (primary N) is 1. The molecule has 6 heteroatoms. The van der Waals surface area contributed by atoms with Gasteiger partial charge in [0.1, 0.15) is 0 Å². The first-order valence-corrected chi connectivity index (χ1v) is 7.09. The van der Waals surface area contributed by atoms with Crippen LogP contribution in [0.5, 0.6) is 0 Å². The predicted octanol–water partition coefficient (Wildman–Crippen LogP) is 2.25. The Kier molecular flexibility index (Phi) is 4.54. The first-order chi connectivity index (χ1) is 9.54. The predicted molar refractivity (Wildman–Crippen MR) is 78.8 cm³/mol. The number of hydrogen-bond donors (Lipinski definition) is 1. The van der Waals surface area contributed by atoms with Crippen molar-refractivity contribution in [3.63, 3.8) is 0 Å². The third-order valence-corrected chi connectivity index (χ3v) is 4.19. The first-order valence-electron chi connectivity index (χ1n) is 7.09. The second kappa shape index (κ2) is 6.17. The van der Waals surface area contributed by atoms with E-state index in [-0.39, 0.29) is 16.7 Å². The monoisotopic (exact) mass is 278 g/mol. The molecule has 20 heavy (non-hydrogen) atoms. The van der Waals surface area contributed by atoms with E-state index in [0.29, 0.717) is 18.3 Å². The minimum absolute atomic E-state index is 0.0689. The highest BCUT2D eigenvalue weighted by Crippen LogP contribution is 2.33. The number of pyridine rings is 1. The van der Waals surface area contributed by atoms with Crippen molar-refractivity contribution in [2.24, 2.45) is 11.7 Å². The molecule has 0 bridgehead atoms. The van der Waals surface area contributed by atoms with Crippen LogP contribution in [0.1, 0.15) is 31.4 Å². The maximum absolute atomic E-state index is 11.2. The molecule has 1 heterocycles. The van der Waals surface area contributed by atoms with Crippen LogP contribution in [0.25, 0.3) is 0 Å². The second-order valence-corrected chi connectivity index (χ2v) is 5.51. The highest BCUT2D eigenvalue weighted by atomic mass is 16.6. The van der Waals surface area contributed by atoms with Crippen LogP contribution in [0, 0.1) is 23.0 Å². The minimum Gasteiger partial charge on any atom is -0.351 e. The molecule has 1 aliphatic carbocycles. The molecule has 2 unspecified atom stereocenters. The fraction of sp³-hybridized carbons (Fsp3) is 0.643. The Hall–Kier alpha value is -1.69. The Bertz CT molecular complexity index is 492. The molecule has 0 aromatic carbocycles. The largest absolute Gasteiger partial charge is 0.351 e. The van der Waals surface area contributed by atoms with E-state index in [9.17, 15) is 10.1 Å². The van der Waals surface area contributed by atoms with Gasteiger partial charge in [-0.1, -0.05) is 12.8 Å². The highest BCUT2D eigenvalue weighted by Gasteiger charge is 2.31. The summed E-state index contributed by atoms with van der Waals surface area (Å²) in [5.74, 6) is 0.844. The zero-order chi connectivity index (χ0) is 14.7. The van der Waals surface area contributed by atoms with Crippen LogP contribution < -0.4 is 10.6 Å². The quantitative estimate of drug-likeness (QED) is 0.674. The van der Waals surface area contributed by atoms with E-state index in [2.05, 4.69) is 4.98 Å². The van der Waals surface area contributed by atoms with Crippen molar-refractivity contribution < 1.29 is 4.92 Å². The number of anilines is 1. The number of rotatable bonds is 4. The molecule has 0 saturated heterocycles. The maximum Gasteiger partial charge on any atom is 0.311 e. The summed E-state index contributed by atoms with van der Waals surface area (Å²) in [6.07, 6.45) is 4.44. The third-order valence-electron chi connectivity index (χ3n) is 4.19. The van der Waals surface area contributed by atoms with Crippen LogP contribution in [0.15, 0.2) is 12.1 Å². The lowest BCUT2D eigenvalue weighted by Crippen LogP contribution is -2.43. The Balaban J connectivity index is 2.33. The molecule has 1 saturated carbocycles. The van der Waals surface area contributed by atoms with Gasteiger partial charge >= 0.3 is 5.69 Å². The van der Waals surface area contributed by atoms with E-state index >= 15 is 0 Å². The van der Waals surface area contributed by atoms with Crippen LogP contribution in [0.2, 0.25) is 0 Å². The molecule has 110 valence electrons. The molecule has 6 nitrogen and oxygen atoms in total. The van der Waals surface area contributed by atoms with Crippen molar-refractivity contribution in [1.82, 2.24) is 4.98 Å². The van der Waals surface area contributed by atoms with Crippen LogP contribution >= 0.6 is 0 Å². The van der Waals surface area contributed by atoms with E-state index < -0.39 is 0 Å². The third kappa shape index (κ3) is 2.90. The molecule has 0 spiro atoms. The molecule has 0 aliphatic heterocycles. The normalized spacial score (nSPS) is 22.6. The van der Waals surface area contributed by atoms with Gasteiger partial charge in [-0.25, -0.2) is 4.98 Å². The van der Waals surface area contributed by atoms with E-state index in [1.54, 1.807) is 6.07 Å². The molecular formula is C14H22N4O2. The lowest BCUT2D eigenvalue weighted by Gasteiger charge is -2.37. The molecule has 1 aliphatic rings. The van der Waals surface area contributed by atoms with Crippen molar-refractivity contribution in [3.05, 3.63) is 27.9 Å². The minimum atomic E-state index is -0.363. The van der Waals surface area contributed by atoms with Gasteiger partial charge in [-0.2, -0.15) is 0 Å². The summed E-state index contributed by atoms with van der Waals surface area (Å²) in [6.45, 7) is 2.47. The number of aryl methyl sites for hydroxylation is 1. The van der Waals surface area contributed by atoms with Gasteiger partial charge in [0.05, 0.1) is 4.92 Å². The van der Waals surface area contributed by atoms with Gasteiger partial charge in [-0.05, 0) is 38.3 Å². The Morgan fingerprint density at radius 1 is 1.45 bits per heavy atom. The number of nitrogens with zero attached hydrogens (tertiary/aromatic N) is 3. The van der Waals surface area contributed by atoms with E-state index in [1.807, 2.05) is 18.9 Å². The number of hydrogen-bond acceptors (Lipinski definition) is 5. The van der Waals surface area contributed by atoms with Crippen molar-refractivity contribution in [3.8, 4) is 0 Å². The van der Waals surface area contributed by atoms with Gasteiger partial charge in [0.15, 0.2) is 0 Å². The lowest BCUT2D eigenvalue weighted by atomic mass is 9.83. The van der Waals surface area contributed by atoms with Crippen molar-refractivity contribution >= 4 is 11.5 Å². The van der Waals surface area contributed by atoms with Gasteiger partial charge in [0, 0.05) is 24.8 Å². The Morgan fingerprint density at radius 3 is 2.80 bits per heavy atom. The SMILES string of the molecule is Cc1ccc([N+](=O)[O-])c(N(C)C2CCCCC2CN)n1. The van der Waals surface area contributed by atoms with Gasteiger partial charge in [-0.15, -0.1) is 0 Å². The Labute approximate surface area is 119 Å². The topological polar surface area (TPSA) is 85.3 Å². The standard InChI is InChI=1S/C14H22N4O2/c1-10-7-8-13(18(19)20)14(16-10)17(2)12-6-4-3-5-11(12)9-15/h7-8,11-12H,3-6,9,15H2,1-2H3. The summed E-state index contributed by atoms with van der Waals surface area (Å²) in [5, 5.41) is 11.2. The molecular weight excluding hydrogens is 256 g/mol. The van der Waals surface area contributed by atoms with E-state index in [4.69, 9.17) is 5.73 Å². The molecule has 1 aromatic rings. The fourth-order valence-corrected chi connectivity index (χ4v) is 3.07. The van der Waals surface area contributed by atoms with E-state index in [0.717, 1.165) is 25.0 Å². The molecule has 1 fully saturated rings. The molecule has 2 atom stereocenters. The average Bonchev–Trinajstić information content (AvgIpc) is 2.46. The smallest absolute Gasteiger partial charge is 0.311 e. The van der Waals surface area contributed by atoms with E-state index in [1.165, 1.54) is 12.5 Å². The molecule has 0 radical (unpaired) electrons. The van der Waals surface area contributed by atoms with Crippen molar-refractivity contribution in [2.75, 3.05) is 18.5 Å². The van der Waals surface area contributed by atoms with Crippen LogP contribution in [-0.4, -0.2) is 29.5 Å². The molecule has 2 N–H and O–H groups in total. The summed E-state index contributed by atoms with van der Waals surface area (Å²) in [7, 11) is 1.90. The number of nitro groups is 1. The van der Waals surface area contributed by atoms with Crippen LogP contribution in [0.3, 0.4) is 0 Å². The number of aromatic nitrogens is 1. The lowest BCUT2D eigenvalue weighted by molar-refractivity contribution is -0.384. The van der Waals surface area contributed by atoms with Crippen molar-refractivity contribution in [1.29, 1.82) is 0 Å². The molecule has 1 aromatic heterocycles. The van der Waals surface area contributed by atoms with Crippen LogP contribution in [0.4, 0.5) is 11.5 Å². The second-order valence-electron chi connectivity index (χ2n) is 5.51. The van der Waals surface area contributed by atoms with Gasteiger partial charge in [-0.3, -0.25) is 10.1 Å². The summed E-state index contributed by atoms with van der Waals surface area (Å²) < 4.78 is 0. The zero-order valence-corrected chi connectivity index (χ0v) is 12.1. The highest BCUT2D eigenvalue weighted by molar-refractivity contribution is 5.58. The van der Waals surface area contributed by atoms with Gasteiger partial charge in [0.25, 0.3) is 0 Å². The summed E-state index contributed by atoms with van der Waals surface area (Å²) in [6, 6.07) is 3.45. The average molecular weight is 278 g/mol. The first kappa shape index (κ1) is 14.7. The van der Waals surface area contributed by atoms with Crippen molar-refractivity contribution in [2.45, 2.75) is 38.6 Å². The zero-order valence-electron chi connectivity index (χ0n) is 12.1. The van der Waals surface area contributed by atoms with Gasteiger partial charge < -0.3 is 10.6 Å². The maximum atomic E-state index is 11.2. The molecule has 0 amide bonds. The Morgan fingerprint density at radius 2 is 2.15 bits per heavy atom. The summed E-state index contributed by atoms with van der Waals surface area (Å²) >= 11 is 0. The summed E-state index contributed by atoms with van der Waals surface area (Å²) in [4.78, 5) is 17.2. The fourth-order valence-electron chi connectivity index (χ4n) is 3.07. The van der Waals surface area contributed by atoms with Gasteiger partial charge in [0.2, 0.25) is 5.82 Å². The summed E-state index contributed by atoms with van der Waals surface area (Å²) in [5.41, 5.74) is 6.71. The molecule has 2 rings (SSSR count). The van der Waals surface area contributed by atoms with Crippen LogP contribution in [-0.2, 0) is 0 Å².